The SMILES string of the molecule is CC(=O)C(N[C@@H](CO)C(=O)O)(SC(=O)c1ccccc1)SC(=O)c1ccccc1. The largest absolute Gasteiger partial charge is 0.480 e. The number of Topliss-reactive ketones (excluding diaryl/α,β-unsaturated/α-hetero) is 1. The zero-order valence-electron chi connectivity index (χ0n) is 15.4. The molecule has 0 radical (unpaired) electrons. The highest BCUT2D eigenvalue weighted by molar-refractivity contribution is 8.32. The first-order valence-corrected chi connectivity index (χ1v) is 10.1. The summed E-state index contributed by atoms with van der Waals surface area (Å²) in [5.74, 6) is -2.06. The van der Waals surface area contributed by atoms with E-state index in [-0.39, 0.29) is 11.1 Å². The third kappa shape index (κ3) is 6.01. The highest BCUT2D eigenvalue weighted by Gasteiger charge is 2.45. The number of thioether (sulfide) groups is 2. The van der Waals surface area contributed by atoms with E-state index in [4.69, 9.17) is 0 Å². The summed E-state index contributed by atoms with van der Waals surface area (Å²) in [5, 5.41) is 20.2. The minimum Gasteiger partial charge on any atom is -0.480 e. The molecule has 2 rings (SSSR count). The summed E-state index contributed by atoms with van der Waals surface area (Å²) >= 11 is 1.01. The maximum absolute atomic E-state index is 12.8. The van der Waals surface area contributed by atoms with Crippen LogP contribution >= 0.6 is 23.5 Å². The van der Waals surface area contributed by atoms with Gasteiger partial charge in [-0.25, -0.2) is 0 Å². The van der Waals surface area contributed by atoms with E-state index in [2.05, 4.69) is 5.32 Å². The van der Waals surface area contributed by atoms with E-state index in [1.165, 1.54) is 0 Å². The van der Waals surface area contributed by atoms with E-state index < -0.39 is 38.8 Å². The van der Waals surface area contributed by atoms with Crippen LogP contribution in [0, 0.1) is 0 Å². The predicted molar refractivity (Wildman–Crippen MR) is 112 cm³/mol. The first-order chi connectivity index (χ1) is 13.8. The molecule has 7 nitrogen and oxygen atoms in total. The van der Waals surface area contributed by atoms with Gasteiger partial charge in [0, 0.05) is 11.1 Å². The number of hydrogen-bond acceptors (Lipinski definition) is 8. The van der Waals surface area contributed by atoms with Crippen LogP contribution < -0.4 is 5.32 Å². The number of carboxylic acid groups (broad SMARTS) is 1. The van der Waals surface area contributed by atoms with E-state index in [9.17, 15) is 29.4 Å². The van der Waals surface area contributed by atoms with Crippen molar-refractivity contribution in [2.24, 2.45) is 0 Å². The van der Waals surface area contributed by atoms with E-state index in [0.717, 1.165) is 6.92 Å². The molecule has 0 aliphatic carbocycles. The Bertz CT molecular complexity index is 835. The lowest BCUT2D eigenvalue weighted by Gasteiger charge is -2.32. The number of hydrogen-bond donors (Lipinski definition) is 3. The van der Waals surface area contributed by atoms with Crippen LogP contribution in [0.4, 0.5) is 0 Å². The molecule has 0 aliphatic heterocycles. The van der Waals surface area contributed by atoms with Crippen molar-refractivity contribution in [3.8, 4) is 0 Å². The van der Waals surface area contributed by atoms with Gasteiger partial charge in [0.1, 0.15) is 6.04 Å². The third-order valence-corrected chi connectivity index (χ3v) is 6.53. The maximum Gasteiger partial charge on any atom is 0.323 e. The monoisotopic (exact) mass is 433 g/mol. The lowest BCUT2D eigenvalue weighted by atomic mass is 10.2. The maximum atomic E-state index is 12.8. The number of aliphatic hydroxyl groups is 1. The molecule has 0 heterocycles. The van der Waals surface area contributed by atoms with Gasteiger partial charge in [-0.05, 0) is 30.4 Å². The number of ketones is 1. The molecule has 2 aromatic rings. The topological polar surface area (TPSA) is 121 Å². The number of carboxylic acids is 1. The molecule has 3 N–H and O–H groups in total. The van der Waals surface area contributed by atoms with Crippen molar-refractivity contribution < 1.29 is 29.4 Å². The zero-order chi connectivity index (χ0) is 21.4. The van der Waals surface area contributed by atoms with Crippen molar-refractivity contribution >= 4 is 45.5 Å². The van der Waals surface area contributed by atoms with Gasteiger partial charge < -0.3 is 10.2 Å². The lowest BCUT2D eigenvalue weighted by Crippen LogP contribution is -2.55. The number of aliphatic carboxylic acids is 1. The fourth-order valence-electron chi connectivity index (χ4n) is 2.27. The summed E-state index contributed by atoms with van der Waals surface area (Å²) in [6.45, 7) is 0.324. The molecule has 0 aliphatic rings. The fraction of sp³-hybridized carbons (Fsp3) is 0.200. The predicted octanol–water partition coefficient (Wildman–Crippen LogP) is 2.41. The lowest BCUT2D eigenvalue weighted by molar-refractivity contribution is -0.140. The number of aliphatic hydroxyl groups excluding tert-OH is 1. The summed E-state index contributed by atoms with van der Waals surface area (Å²) in [4.78, 5) is 49.5. The van der Waals surface area contributed by atoms with E-state index >= 15 is 0 Å². The van der Waals surface area contributed by atoms with Crippen LogP contribution in [0.15, 0.2) is 60.7 Å². The van der Waals surface area contributed by atoms with Gasteiger partial charge in [0.05, 0.1) is 6.61 Å². The Morgan fingerprint density at radius 2 is 1.31 bits per heavy atom. The summed E-state index contributed by atoms with van der Waals surface area (Å²) in [5.41, 5.74) is 0.571. The molecular weight excluding hydrogens is 414 g/mol. The average Bonchev–Trinajstić information content (AvgIpc) is 2.72. The van der Waals surface area contributed by atoms with E-state index in [1.807, 2.05) is 0 Å². The van der Waals surface area contributed by atoms with Gasteiger partial charge in [0.2, 0.25) is 10.2 Å². The number of rotatable bonds is 9. The molecule has 152 valence electrons. The highest BCUT2D eigenvalue weighted by atomic mass is 32.2. The van der Waals surface area contributed by atoms with Crippen LogP contribution in [-0.4, -0.2) is 49.0 Å². The van der Waals surface area contributed by atoms with Crippen molar-refractivity contribution in [2.75, 3.05) is 6.61 Å². The molecule has 1 atom stereocenters. The Morgan fingerprint density at radius 3 is 1.62 bits per heavy atom. The smallest absolute Gasteiger partial charge is 0.323 e. The van der Waals surface area contributed by atoms with Gasteiger partial charge in [0.15, 0.2) is 9.99 Å². The molecule has 0 unspecified atom stereocenters. The van der Waals surface area contributed by atoms with Gasteiger partial charge >= 0.3 is 5.97 Å². The first kappa shape index (κ1) is 22.8. The Morgan fingerprint density at radius 1 is 0.897 bits per heavy atom. The Hall–Kier alpha value is -2.46. The Labute approximate surface area is 175 Å². The molecule has 0 fully saturated rings. The zero-order valence-corrected chi connectivity index (χ0v) is 17.0. The minimum absolute atomic E-state index is 0.286. The first-order valence-electron chi connectivity index (χ1n) is 8.48. The number of benzene rings is 2. The standard InChI is InChI=1S/C20H19NO6S2/c1-13(23)20(21-16(12-22)17(24)25,28-18(26)14-8-4-2-5-9-14)29-19(27)15-10-6-3-7-11-15/h2-11,16,21-22H,12H2,1H3,(H,24,25)/t16-/m0/s1. The molecule has 0 saturated heterocycles. The van der Waals surface area contributed by atoms with Crippen LogP contribution in [0.3, 0.4) is 0 Å². The van der Waals surface area contributed by atoms with Crippen molar-refractivity contribution in [1.82, 2.24) is 5.32 Å². The molecule has 2 aromatic carbocycles. The summed E-state index contributed by atoms with van der Waals surface area (Å²) in [6.07, 6.45) is 0. The quantitative estimate of drug-likeness (QED) is 0.512. The molecule has 0 saturated carbocycles. The third-order valence-electron chi connectivity index (χ3n) is 3.80. The Balaban J connectivity index is 2.42. The molecule has 0 bridgehead atoms. The molecular formula is C20H19NO6S2. The summed E-state index contributed by atoms with van der Waals surface area (Å²) in [7, 11) is 0. The van der Waals surface area contributed by atoms with Gasteiger partial charge in [-0.15, -0.1) is 0 Å². The van der Waals surface area contributed by atoms with Crippen molar-refractivity contribution in [3.05, 3.63) is 71.8 Å². The average molecular weight is 434 g/mol. The van der Waals surface area contributed by atoms with Gasteiger partial charge in [0.25, 0.3) is 0 Å². The normalized spacial score (nSPS) is 12.2. The Kier molecular flexibility index (Phi) is 8.15. The van der Waals surface area contributed by atoms with Crippen molar-refractivity contribution in [1.29, 1.82) is 0 Å². The second-order valence-corrected chi connectivity index (χ2v) is 8.53. The molecule has 9 heteroatoms. The second kappa shape index (κ2) is 10.4. The molecule has 0 amide bonds. The van der Waals surface area contributed by atoms with E-state index in [1.54, 1.807) is 60.7 Å². The van der Waals surface area contributed by atoms with Crippen LogP contribution in [0.25, 0.3) is 0 Å². The van der Waals surface area contributed by atoms with Crippen LogP contribution in [0.5, 0.6) is 0 Å². The number of carbonyl (C=O) groups excluding carboxylic acids is 3. The van der Waals surface area contributed by atoms with E-state index in [0.29, 0.717) is 23.5 Å². The number of carbonyl (C=O) groups is 4. The number of nitrogens with one attached hydrogen (secondary N) is 1. The van der Waals surface area contributed by atoms with Gasteiger partial charge in [-0.3, -0.25) is 24.5 Å². The highest BCUT2D eigenvalue weighted by Crippen LogP contribution is 2.40. The van der Waals surface area contributed by atoms with Crippen LogP contribution in [-0.2, 0) is 9.59 Å². The molecule has 0 aromatic heterocycles. The van der Waals surface area contributed by atoms with Crippen LogP contribution in [0.1, 0.15) is 27.6 Å². The van der Waals surface area contributed by atoms with Gasteiger partial charge in [-0.1, -0.05) is 60.7 Å². The summed E-state index contributed by atoms with van der Waals surface area (Å²) < 4.78 is -1.94. The van der Waals surface area contributed by atoms with Crippen molar-refractivity contribution in [3.63, 3.8) is 0 Å². The summed E-state index contributed by atoms with van der Waals surface area (Å²) in [6, 6.07) is 14.7. The van der Waals surface area contributed by atoms with Gasteiger partial charge in [-0.2, -0.15) is 0 Å². The minimum atomic E-state index is -1.94. The second-order valence-electron chi connectivity index (χ2n) is 5.90. The van der Waals surface area contributed by atoms with Crippen molar-refractivity contribution in [2.45, 2.75) is 17.2 Å². The molecule has 0 spiro atoms. The molecule has 29 heavy (non-hydrogen) atoms. The fourth-order valence-corrected chi connectivity index (χ4v) is 4.61. The van der Waals surface area contributed by atoms with Crippen LogP contribution in [0.2, 0.25) is 0 Å².